The van der Waals surface area contributed by atoms with Crippen LogP contribution in [0.5, 0.6) is 0 Å². The van der Waals surface area contributed by atoms with Crippen molar-refractivity contribution in [1.82, 2.24) is 14.8 Å². The predicted molar refractivity (Wildman–Crippen MR) is 129 cm³/mol. The first-order valence-electron chi connectivity index (χ1n) is 11.6. The van der Waals surface area contributed by atoms with Crippen LogP contribution in [0.2, 0.25) is 0 Å². The lowest BCUT2D eigenvalue weighted by molar-refractivity contribution is 0.0577. The van der Waals surface area contributed by atoms with Crippen LogP contribution in [-0.4, -0.2) is 26.5 Å². The SMILES string of the molecule is Cn1ncc2cc(N(Cc3ccc(C4CCCCC4)cn3)C(=O)OC(C)(C)C)ccc2c1=O. The van der Waals surface area contributed by atoms with Crippen molar-refractivity contribution in [1.29, 1.82) is 0 Å². The van der Waals surface area contributed by atoms with Gasteiger partial charge in [0, 0.05) is 24.3 Å². The second-order valence-corrected chi connectivity index (χ2v) is 9.83. The Balaban J connectivity index is 1.64. The van der Waals surface area contributed by atoms with Crippen molar-refractivity contribution in [2.75, 3.05) is 4.90 Å². The molecule has 1 aliphatic rings. The highest BCUT2D eigenvalue weighted by molar-refractivity contribution is 5.92. The smallest absolute Gasteiger partial charge is 0.415 e. The third-order valence-electron chi connectivity index (χ3n) is 6.10. The van der Waals surface area contributed by atoms with E-state index >= 15 is 0 Å². The summed E-state index contributed by atoms with van der Waals surface area (Å²) in [6.45, 7) is 5.79. The standard InChI is InChI=1S/C26H32N4O3/c1-26(2,3)33-25(32)30(22-12-13-23-20(14-22)16-28-29(4)24(23)31)17-21-11-10-19(15-27-21)18-8-6-5-7-9-18/h10-16,18H,5-9,17H2,1-4H3. The fraction of sp³-hybridized carbons (Fsp3) is 0.462. The number of benzene rings is 1. The van der Waals surface area contributed by atoms with Gasteiger partial charge in [0.05, 0.1) is 23.8 Å². The summed E-state index contributed by atoms with van der Waals surface area (Å²) in [6.07, 6.45) is 9.43. The number of ether oxygens (including phenoxy) is 1. The van der Waals surface area contributed by atoms with E-state index in [9.17, 15) is 9.59 Å². The van der Waals surface area contributed by atoms with E-state index in [0.29, 0.717) is 22.4 Å². The number of amides is 1. The maximum atomic E-state index is 13.1. The number of hydrogen-bond acceptors (Lipinski definition) is 5. The molecule has 0 radical (unpaired) electrons. The van der Waals surface area contributed by atoms with Crippen LogP contribution in [0.25, 0.3) is 10.8 Å². The van der Waals surface area contributed by atoms with Crippen LogP contribution in [0.4, 0.5) is 10.5 Å². The molecule has 0 unspecified atom stereocenters. The normalized spacial score (nSPS) is 14.9. The van der Waals surface area contributed by atoms with Gasteiger partial charge in [-0.3, -0.25) is 14.7 Å². The molecule has 3 aromatic rings. The highest BCUT2D eigenvalue weighted by atomic mass is 16.6. The minimum atomic E-state index is -0.637. The first-order valence-corrected chi connectivity index (χ1v) is 11.6. The lowest BCUT2D eigenvalue weighted by atomic mass is 9.85. The number of carbonyl (C=O) groups excluding carboxylic acids is 1. The zero-order valence-corrected chi connectivity index (χ0v) is 19.9. The van der Waals surface area contributed by atoms with Gasteiger partial charge in [-0.2, -0.15) is 5.10 Å². The van der Waals surface area contributed by atoms with Crippen molar-refractivity contribution in [3.05, 3.63) is 64.3 Å². The highest BCUT2D eigenvalue weighted by Gasteiger charge is 2.25. The molecule has 4 rings (SSSR count). The molecule has 1 aliphatic carbocycles. The second-order valence-electron chi connectivity index (χ2n) is 9.83. The predicted octanol–water partition coefficient (Wildman–Crippen LogP) is 5.32. The number of hydrogen-bond donors (Lipinski definition) is 0. The van der Waals surface area contributed by atoms with Gasteiger partial charge >= 0.3 is 6.09 Å². The molecule has 33 heavy (non-hydrogen) atoms. The van der Waals surface area contributed by atoms with E-state index in [4.69, 9.17) is 4.74 Å². The molecule has 7 heteroatoms. The van der Waals surface area contributed by atoms with Crippen LogP contribution in [-0.2, 0) is 18.3 Å². The van der Waals surface area contributed by atoms with Crippen LogP contribution < -0.4 is 10.5 Å². The largest absolute Gasteiger partial charge is 0.443 e. The summed E-state index contributed by atoms with van der Waals surface area (Å²) in [7, 11) is 1.62. The fourth-order valence-electron chi connectivity index (χ4n) is 4.34. The van der Waals surface area contributed by atoms with E-state index in [1.165, 1.54) is 42.3 Å². The monoisotopic (exact) mass is 448 g/mol. The summed E-state index contributed by atoms with van der Waals surface area (Å²) in [5.41, 5.74) is 1.87. The van der Waals surface area contributed by atoms with E-state index < -0.39 is 11.7 Å². The Bertz CT molecular complexity index is 1190. The first kappa shape index (κ1) is 23.0. The quantitative estimate of drug-likeness (QED) is 0.540. The number of aryl methyl sites for hydroxylation is 1. The Hall–Kier alpha value is -3.22. The molecule has 0 atom stereocenters. The molecule has 2 heterocycles. The summed E-state index contributed by atoms with van der Waals surface area (Å²) in [5, 5.41) is 5.33. The summed E-state index contributed by atoms with van der Waals surface area (Å²) in [6, 6.07) is 9.43. The average Bonchev–Trinajstić information content (AvgIpc) is 2.79. The highest BCUT2D eigenvalue weighted by Crippen LogP contribution is 2.32. The van der Waals surface area contributed by atoms with Crippen molar-refractivity contribution >= 4 is 22.6 Å². The van der Waals surface area contributed by atoms with Crippen molar-refractivity contribution in [3.63, 3.8) is 0 Å². The van der Waals surface area contributed by atoms with Crippen LogP contribution in [0, 0.1) is 0 Å². The van der Waals surface area contributed by atoms with E-state index in [1.807, 2.05) is 33.0 Å². The Morgan fingerprint density at radius 3 is 2.55 bits per heavy atom. The number of pyridine rings is 1. The van der Waals surface area contributed by atoms with E-state index in [0.717, 1.165) is 5.69 Å². The van der Waals surface area contributed by atoms with E-state index in [2.05, 4.69) is 16.1 Å². The van der Waals surface area contributed by atoms with Gasteiger partial charge in [0.1, 0.15) is 5.60 Å². The summed E-state index contributed by atoms with van der Waals surface area (Å²) in [5.74, 6) is 0.581. The minimum Gasteiger partial charge on any atom is -0.443 e. The molecular weight excluding hydrogens is 416 g/mol. The zero-order valence-electron chi connectivity index (χ0n) is 19.9. The molecule has 0 saturated heterocycles. The van der Waals surface area contributed by atoms with Crippen LogP contribution in [0.15, 0.2) is 47.5 Å². The molecule has 1 fully saturated rings. The summed E-state index contributed by atoms with van der Waals surface area (Å²) < 4.78 is 6.98. The molecule has 0 aliphatic heterocycles. The molecule has 174 valence electrons. The molecule has 0 N–H and O–H groups in total. The molecule has 1 amide bonds. The third-order valence-corrected chi connectivity index (χ3v) is 6.10. The van der Waals surface area contributed by atoms with Gasteiger partial charge in [-0.1, -0.05) is 25.3 Å². The number of carbonyl (C=O) groups is 1. The topological polar surface area (TPSA) is 77.3 Å². The Morgan fingerprint density at radius 1 is 1.12 bits per heavy atom. The lowest BCUT2D eigenvalue weighted by Crippen LogP contribution is -2.36. The number of rotatable bonds is 4. The van der Waals surface area contributed by atoms with Crippen LogP contribution in [0.3, 0.4) is 0 Å². The number of fused-ring (bicyclic) bond motifs is 1. The Kier molecular flexibility index (Phi) is 6.49. The summed E-state index contributed by atoms with van der Waals surface area (Å²) >= 11 is 0. The zero-order chi connectivity index (χ0) is 23.6. The lowest BCUT2D eigenvalue weighted by Gasteiger charge is -2.27. The molecule has 7 nitrogen and oxygen atoms in total. The third kappa shape index (κ3) is 5.41. The van der Waals surface area contributed by atoms with Gasteiger partial charge in [0.2, 0.25) is 0 Å². The van der Waals surface area contributed by atoms with Crippen molar-refractivity contribution in [3.8, 4) is 0 Å². The maximum absolute atomic E-state index is 13.1. The van der Waals surface area contributed by atoms with Crippen LogP contribution >= 0.6 is 0 Å². The van der Waals surface area contributed by atoms with Crippen molar-refractivity contribution in [2.24, 2.45) is 7.05 Å². The second kappa shape index (κ2) is 9.33. The molecule has 2 aromatic heterocycles. The van der Waals surface area contributed by atoms with E-state index in [1.54, 1.807) is 36.3 Å². The number of anilines is 1. The van der Waals surface area contributed by atoms with Gasteiger partial charge in [-0.25, -0.2) is 9.48 Å². The van der Waals surface area contributed by atoms with Gasteiger partial charge in [-0.05, 0) is 69.4 Å². The average molecular weight is 449 g/mol. The van der Waals surface area contributed by atoms with E-state index in [-0.39, 0.29) is 12.1 Å². The minimum absolute atomic E-state index is 0.178. The van der Waals surface area contributed by atoms with Crippen LogP contribution in [0.1, 0.15) is 70.1 Å². The molecule has 0 spiro atoms. The van der Waals surface area contributed by atoms with Crippen molar-refractivity contribution in [2.45, 2.75) is 70.9 Å². The number of aromatic nitrogens is 3. The maximum Gasteiger partial charge on any atom is 0.415 e. The fourth-order valence-corrected chi connectivity index (χ4v) is 4.34. The Morgan fingerprint density at radius 2 is 1.88 bits per heavy atom. The van der Waals surface area contributed by atoms with Gasteiger partial charge in [-0.15, -0.1) is 0 Å². The Labute approximate surface area is 194 Å². The molecule has 1 aromatic carbocycles. The number of nitrogens with zero attached hydrogens (tertiary/aromatic N) is 4. The summed E-state index contributed by atoms with van der Waals surface area (Å²) in [4.78, 5) is 31.7. The molecule has 0 bridgehead atoms. The molecular formula is C26H32N4O3. The molecule has 1 saturated carbocycles. The van der Waals surface area contributed by atoms with Crippen molar-refractivity contribution < 1.29 is 9.53 Å². The first-order chi connectivity index (χ1) is 15.7. The van der Waals surface area contributed by atoms with Gasteiger partial charge in [0.25, 0.3) is 5.56 Å². The van der Waals surface area contributed by atoms with Gasteiger partial charge in [0.15, 0.2) is 0 Å². The van der Waals surface area contributed by atoms with Gasteiger partial charge < -0.3 is 4.74 Å².